The number of ketones is 2. The first-order valence-electron chi connectivity index (χ1n) is 10.7. The Balaban J connectivity index is 0.000000191. The molecule has 0 spiro atoms. The predicted octanol–water partition coefficient (Wildman–Crippen LogP) is 6.19. The first kappa shape index (κ1) is 25.4. The molecule has 0 saturated carbocycles. The van der Waals surface area contributed by atoms with Crippen LogP contribution in [0.4, 0.5) is 0 Å². The van der Waals surface area contributed by atoms with Crippen LogP contribution < -0.4 is 0 Å². The van der Waals surface area contributed by atoms with Gasteiger partial charge in [0, 0.05) is 21.9 Å². The molecule has 176 valence electrons. The van der Waals surface area contributed by atoms with Crippen LogP contribution in [0.2, 0.25) is 10.0 Å². The van der Waals surface area contributed by atoms with Crippen molar-refractivity contribution >= 4 is 34.8 Å². The second kappa shape index (κ2) is 11.3. The Morgan fingerprint density at radius 3 is 1.88 bits per heavy atom. The Labute approximate surface area is 209 Å². The number of benzene rings is 2. The molecule has 0 fully saturated rings. The summed E-state index contributed by atoms with van der Waals surface area (Å²) in [6.07, 6.45) is 3.39. The summed E-state index contributed by atoms with van der Waals surface area (Å²) in [5.41, 5.74) is 5.13. The van der Waals surface area contributed by atoms with Crippen LogP contribution in [-0.2, 0) is 13.1 Å². The van der Waals surface area contributed by atoms with Crippen LogP contribution in [0.25, 0.3) is 0 Å². The Morgan fingerprint density at radius 2 is 1.41 bits per heavy atom. The van der Waals surface area contributed by atoms with Crippen LogP contribution in [0.3, 0.4) is 0 Å². The number of nitrogens with zero attached hydrogens (tertiary/aromatic N) is 4. The second-order valence-corrected chi connectivity index (χ2v) is 8.87. The van der Waals surface area contributed by atoms with Gasteiger partial charge in [0.05, 0.1) is 36.1 Å². The van der Waals surface area contributed by atoms with E-state index in [1.165, 1.54) is 0 Å². The van der Waals surface area contributed by atoms with E-state index >= 15 is 0 Å². The molecule has 0 radical (unpaired) electrons. The molecule has 4 rings (SSSR count). The lowest BCUT2D eigenvalue weighted by molar-refractivity contribution is 0.100. The molecule has 0 N–H and O–H groups in total. The van der Waals surface area contributed by atoms with E-state index in [9.17, 15) is 9.59 Å². The highest BCUT2D eigenvalue weighted by Crippen LogP contribution is 2.15. The highest BCUT2D eigenvalue weighted by molar-refractivity contribution is 6.30. The first-order chi connectivity index (χ1) is 16.1. The number of hydrogen-bond acceptors (Lipinski definition) is 4. The highest BCUT2D eigenvalue weighted by atomic mass is 35.5. The average molecular weight is 497 g/mol. The average Bonchev–Trinajstić information content (AvgIpc) is 3.31. The number of halogens is 2. The Bertz CT molecular complexity index is 1310. The third-order valence-electron chi connectivity index (χ3n) is 5.26. The summed E-state index contributed by atoms with van der Waals surface area (Å²) in [5.74, 6) is 0.0830. The maximum Gasteiger partial charge on any atom is 0.163 e. The van der Waals surface area contributed by atoms with Crippen molar-refractivity contribution in [2.45, 2.75) is 40.8 Å². The van der Waals surface area contributed by atoms with Gasteiger partial charge in [0.25, 0.3) is 0 Å². The molecule has 8 heteroatoms. The van der Waals surface area contributed by atoms with E-state index in [1.54, 1.807) is 30.9 Å². The largest absolute Gasteiger partial charge is 0.294 e. The predicted molar refractivity (Wildman–Crippen MR) is 135 cm³/mol. The van der Waals surface area contributed by atoms with Crippen molar-refractivity contribution in [1.29, 1.82) is 0 Å². The Kier molecular flexibility index (Phi) is 8.42. The van der Waals surface area contributed by atoms with Gasteiger partial charge in [-0.1, -0.05) is 47.5 Å². The maximum absolute atomic E-state index is 11.3. The zero-order valence-electron chi connectivity index (χ0n) is 19.5. The molecule has 2 aromatic heterocycles. The van der Waals surface area contributed by atoms with Gasteiger partial charge in [-0.25, -0.2) is 0 Å². The number of carbonyl (C=O) groups is 2. The fourth-order valence-corrected chi connectivity index (χ4v) is 3.95. The van der Waals surface area contributed by atoms with Gasteiger partial charge in [-0.2, -0.15) is 10.2 Å². The molecule has 0 aliphatic heterocycles. The van der Waals surface area contributed by atoms with Crippen molar-refractivity contribution in [2.75, 3.05) is 0 Å². The minimum atomic E-state index is 0.0415. The van der Waals surface area contributed by atoms with Crippen molar-refractivity contribution in [3.05, 3.63) is 105 Å². The van der Waals surface area contributed by atoms with Gasteiger partial charge in [0.15, 0.2) is 11.6 Å². The zero-order valence-corrected chi connectivity index (χ0v) is 21.1. The van der Waals surface area contributed by atoms with Crippen molar-refractivity contribution in [2.24, 2.45) is 0 Å². The molecule has 4 aromatic rings. The van der Waals surface area contributed by atoms with Crippen LogP contribution in [0.5, 0.6) is 0 Å². The lowest BCUT2D eigenvalue weighted by atomic mass is 10.2. The summed E-state index contributed by atoms with van der Waals surface area (Å²) in [5, 5.41) is 9.94. The molecular weight excluding hydrogens is 471 g/mol. The quantitative estimate of drug-likeness (QED) is 0.298. The third kappa shape index (κ3) is 6.65. The lowest BCUT2D eigenvalue weighted by Crippen LogP contribution is -2.05. The van der Waals surface area contributed by atoms with Crippen molar-refractivity contribution in [3.63, 3.8) is 0 Å². The standard InChI is InChI=1S/2C13H13ClN2O/c1-9-13(10(2)17)7-15-16(9)8-11-4-3-5-12(14)6-11;1-9-13(10(2)17)8-16(15-9)7-11-4-3-5-12(14)6-11/h3-7H,8H2,1-2H3;3-6,8H,7H2,1-2H3. The lowest BCUT2D eigenvalue weighted by Gasteiger charge is -2.05. The molecule has 0 amide bonds. The Hall–Kier alpha value is -3.22. The van der Waals surface area contributed by atoms with Crippen LogP contribution in [0.1, 0.15) is 57.1 Å². The molecule has 6 nitrogen and oxygen atoms in total. The smallest absolute Gasteiger partial charge is 0.163 e. The van der Waals surface area contributed by atoms with Gasteiger partial charge < -0.3 is 0 Å². The third-order valence-corrected chi connectivity index (χ3v) is 5.73. The van der Waals surface area contributed by atoms with E-state index < -0.39 is 0 Å². The van der Waals surface area contributed by atoms with E-state index in [-0.39, 0.29) is 11.6 Å². The van der Waals surface area contributed by atoms with Gasteiger partial charge in [-0.3, -0.25) is 19.0 Å². The monoisotopic (exact) mass is 496 g/mol. The molecule has 0 aliphatic carbocycles. The molecule has 2 aromatic carbocycles. The number of carbonyl (C=O) groups excluding carboxylic acids is 2. The molecule has 0 aliphatic rings. The summed E-state index contributed by atoms with van der Waals surface area (Å²) in [7, 11) is 0. The molecule has 34 heavy (non-hydrogen) atoms. The molecule has 0 saturated heterocycles. The first-order valence-corrected chi connectivity index (χ1v) is 11.5. The van der Waals surface area contributed by atoms with Crippen LogP contribution >= 0.6 is 23.2 Å². The van der Waals surface area contributed by atoms with Gasteiger partial charge in [-0.15, -0.1) is 0 Å². The number of rotatable bonds is 6. The van der Waals surface area contributed by atoms with Crippen molar-refractivity contribution in [1.82, 2.24) is 19.6 Å². The minimum Gasteiger partial charge on any atom is -0.294 e. The molecule has 2 heterocycles. The summed E-state index contributed by atoms with van der Waals surface area (Å²) < 4.78 is 3.57. The summed E-state index contributed by atoms with van der Waals surface area (Å²) in [6.45, 7) is 8.08. The minimum absolute atomic E-state index is 0.0415. The molecule has 0 atom stereocenters. The highest BCUT2D eigenvalue weighted by Gasteiger charge is 2.11. The molecule has 0 bridgehead atoms. The van der Waals surface area contributed by atoms with E-state index in [0.717, 1.165) is 22.5 Å². The van der Waals surface area contributed by atoms with E-state index in [1.807, 2.05) is 67.1 Å². The van der Waals surface area contributed by atoms with Gasteiger partial charge in [0.1, 0.15) is 0 Å². The van der Waals surface area contributed by atoms with Gasteiger partial charge in [0.2, 0.25) is 0 Å². The van der Waals surface area contributed by atoms with Crippen LogP contribution in [0.15, 0.2) is 60.9 Å². The second-order valence-electron chi connectivity index (χ2n) is 8.00. The Morgan fingerprint density at radius 1 is 0.853 bits per heavy atom. The number of aromatic nitrogens is 4. The number of aryl methyl sites for hydroxylation is 1. The molecule has 0 unspecified atom stereocenters. The van der Waals surface area contributed by atoms with Crippen LogP contribution in [-0.4, -0.2) is 31.1 Å². The topological polar surface area (TPSA) is 69.8 Å². The summed E-state index contributed by atoms with van der Waals surface area (Å²) >= 11 is 11.8. The maximum atomic E-state index is 11.3. The van der Waals surface area contributed by atoms with Crippen LogP contribution in [0, 0.1) is 13.8 Å². The summed E-state index contributed by atoms with van der Waals surface area (Å²) in [4.78, 5) is 22.6. The van der Waals surface area contributed by atoms with Crippen molar-refractivity contribution < 1.29 is 9.59 Å². The van der Waals surface area contributed by atoms with E-state index in [2.05, 4.69) is 10.2 Å². The SMILES string of the molecule is CC(=O)c1cn(Cc2cccc(Cl)c2)nc1C.CC(=O)c1cnn(Cc2cccc(Cl)c2)c1C. The van der Waals surface area contributed by atoms with Crippen molar-refractivity contribution in [3.8, 4) is 0 Å². The fourth-order valence-electron chi connectivity index (χ4n) is 3.53. The number of Topliss-reactive ketones (excluding diaryl/α,β-unsaturated/α-hetero) is 2. The normalized spacial score (nSPS) is 10.5. The summed E-state index contributed by atoms with van der Waals surface area (Å²) in [6, 6.07) is 15.2. The van der Waals surface area contributed by atoms with Gasteiger partial charge in [-0.05, 0) is 63.1 Å². The van der Waals surface area contributed by atoms with Gasteiger partial charge >= 0.3 is 0 Å². The van der Waals surface area contributed by atoms with E-state index in [4.69, 9.17) is 23.2 Å². The fraction of sp³-hybridized carbons (Fsp3) is 0.231. The molecular formula is C26H26Cl2N4O2. The number of hydrogen-bond donors (Lipinski definition) is 0. The zero-order chi connectivity index (χ0) is 24.8. The van der Waals surface area contributed by atoms with E-state index in [0.29, 0.717) is 34.3 Å².